The first-order valence-corrected chi connectivity index (χ1v) is 9.65. The Morgan fingerprint density at radius 3 is 2.19 bits per heavy atom. The molecular weight excluding hydrogens is 336 g/mol. The Balaban J connectivity index is 1.64. The number of nitrogens with zero attached hydrogens (tertiary/aromatic N) is 2. The summed E-state index contributed by atoms with van der Waals surface area (Å²) >= 11 is 0. The van der Waals surface area contributed by atoms with Crippen molar-refractivity contribution in [1.29, 1.82) is 0 Å². The van der Waals surface area contributed by atoms with Crippen LogP contribution in [0.5, 0.6) is 0 Å². The minimum absolute atomic E-state index is 0.0753. The molecular formula is C23H26N2O2. The SMILES string of the molecule is OC1CCC(OC2(CN(c3ccccc3)c3ccccc3)C=CC=NC2)C1. The molecule has 2 aromatic carbocycles. The molecule has 4 nitrogen and oxygen atoms in total. The van der Waals surface area contributed by atoms with Crippen molar-refractivity contribution in [3.63, 3.8) is 0 Å². The first-order chi connectivity index (χ1) is 13.2. The lowest BCUT2D eigenvalue weighted by Gasteiger charge is -2.39. The number of hydrogen-bond donors (Lipinski definition) is 1. The number of hydrogen-bond acceptors (Lipinski definition) is 4. The van der Waals surface area contributed by atoms with Crippen molar-refractivity contribution in [2.45, 2.75) is 37.1 Å². The van der Waals surface area contributed by atoms with Gasteiger partial charge in [0.1, 0.15) is 5.60 Å². The van der Waals surface area contributed by atoms with E-state index in [4.69, 9.17) is 4.74 Å². The summed E-state index contributed by atoms with van der Waals surface area (Å²) in [6, 6.07) is 20.8. The van der Waals surface area contributed by atoms with E-state index >= 15 is 0 Å². The van der Waals surface area contributed by atoms with Crippen molar-refractivity contribution in [2.75, 3.05) is 18.0 Å². The highest BCUT2D eigenvalue weighted by Gasteiger charge is 2.37. The van der Waals surface area contributed by atoms with E-state index in [0.717, 1.165) is 24.2 Å². The molecule has 4 heteroatoms. The molecule has 0 bridgehead atoms. The fraction of sp³-hybridized carbons (Fsp3) is 0.348. The maximum Gasteiger partial charge on any atom is 0.124 e. The number of allylic oxidation sites excluding steroid dienone is 1. The summed E-state index contributed by atoms with van der Waals surface area (Å²) in [5, 5.41) is 9.91. The second-order valence-electron chi connectivity index (χ2n) is 7.38. The quantitative estimate of drug-likeness (QED) is 0.840. The van der Waals surface area contributed by atoms with Crippen LogP contribution in [0.25, 0.3) is 0 Å². The number of aliphatic hydroxyl groups excluding tert-OH is 1. The molecule has 1 aliphatic heterocycles. The average Bonchev–Trinajstić information content (AvgIpc) is 3.12. The normalized spacial score (nSPS) is 27.0. The fourth-order valence-corrected chi connectivity index (χ4v) is 3.93. The minimum atomic E-state index is -0.505. The van der Waals surface area contributed by atoms with Crippen molar-refractivity contribution in [2.24, 2.45) is 4.99 Å². The van der Waals surface area contributed by atoms with Crippen LogP contribution < -0.4 is 4.90 Å². The van der Waals surface area contributed by atoms with Gasteiger partial charge in [-0.1, -0.05) is 36.4 Å². The summed E-state index contributed by atoms with van der Waals surface area (Å²) in [5.74, 6) is 0. The van der Waals surface area contributed by atoms with Crippen LogP contribution in [0.15, 0.2) is 77.8 Å². The van der Waals surface area contributed by atoms with Crippen LogP contribution in [-0.2, 0) is 4.74 Å². The van der Waals surface area contributed by atoms with Crippen molar-refractivity contribution >= 4 is 17.6 Å². The standard InChI is InChI=1S/C23H26N2O2/c26-21-12-13-22(16-21)27-23(14-7-15-24-17-23)18-25(19-8-3-1-4-9-19)20-10-5-2-6-11-20/h1-11,14-15,21-22,26H,12-13,16-18H2. The Morgan fingerprint density at radius 2 is 1.67 bits per heavy atom. The Morgan fingerprint density at radius 1 is 1.00 bits per heavy atom. The number of aliphatic hydroxyl groups is 1. The van der Waals surface area contributed by atoms with Gasteiger partial charge >= 0.3 is 0 Å². The van der Waals surface area contributed by atoms with E-state index in [-0.39, 0.29) is 12.2 Å². The Hall–Kier alpha value is -2.43. The van der Waals surface area contributed by atoms with Crippen LogP contribution >= 0.6 is 0 Å². The highest BCUT2D eigenvalue weighted by Crippen LogP contribution is 2.33. The molecule has 1 aliphatic carbocycles. The molecule has 1 saturated carbocycles. The lowest BCUT2D eigenvalue weighted by Crippen LogP contribution is -2.47. The molecule has 0 saturated heterocycles. The van der Waals surface area contributed by atoms with Crippen molar-refractivity contribution in [1.82, 2.24) is 0 Å². The molecule has 0 spiro atoms. The number of dihydropyridines is 1. The van der Waals surface area contributed by atoms with Gasteiger partial charge in [0, 0.05) is 17.6 Å². The molecule has 1 N–H and O–H groups in total. The summed E-state index contributed by atoms with van der Waals surface area (Å²) in [7, 11) is 0. The van der Waals surface area contributed by atoms with Crippen molar-refractivity contribution in [3.05, 3.63) is 72.8 Å². The van der Waals surface area contributed by atoms with Crippen molar-refractivity contribution < 1.29 is 9.84 Å². The number of rotatable bonds is 6. The van der Waals surface area contributed by atoms with E-state index < -0.39 is 5.60 Å². The third-order valence-corrected chi connectivity index (χ3v) is 5.27. The van der Waals surface area contributed by atoms with E-state index in [9.17, 15) is 5.11 Å². The number of anilines is 2. The van der Waals surface area contributed by atoms with Gasteiger partial charge in [0.25, 0.3) is 0 Å². The Bertz CT molecular complexity index is 751. The average molecular weight is 362 g/mol. The predicted molar refractivity (Wildman–Crippen MR) is 110 cm³/mol. The lowest BCUT2D eigenvalue weighted by molar-refractivity contribution is -0.0527. The maximum absolute atomic E-state index is 9.91. The molecule has 2 aromatic rings. The molecule has 27 heavy (non-hydrogen) atoms. The van der Waals surface area contributed by atoms with E-state index in [2.05, 4.69) is 64.5 Å². The van der Waals surface area contributed by atoms with Crippen LogP contribution in [0.1, 0.15) is 19.3 Å². The molecule has 0 radical (unpaired) electrons. The first kappa shape index (κ1) is 18.0. The molecule has 1 fully saturated rings. The highest BCUT2D eigenvalue weighted by atomic mass is 16.5. The lowest BCUT2D eigenvalue weighted by atomic mass is 9.99. The molecule has 4 rings (SSSR count). The summed E-state index contributed by atoms with van der Waals surface area (Å²) in [5.41, 5.74) is 1.75. The highest BCUT2D eigenvalue weighted by molar-refractivity contribution is 5.73. The molecule has 0 amide bonds. The van der Waals surface area contributed by atoms with Gasteiger partial charge in [0.15, 0.2) is 0 Å². The van der Waals surface area contributed by atoms with Gasteiger partial charge in [0.05, 0.1) is 25.3 Å². The number of aliphatic imine (C=N–C) groups is 1. The zero-order valence-corrected chi connectivity index (χ0v) is 15.4. The third kappa shape index (κ3) is 4.29. The number of para-hydroxylation sites is 2. The van der Waals surface area contributed by atoms with Gasteiger partial charge in [-0.2, -0.15) is 0 Å². The van der Waals surface area contributed by atoms with Crippen LogP contribution in [-0.4, -0.2) is 42.2 Å². The predicted octanol–water partition coefficient (Wildman–Crippen LogP) is 4.13. The zero-order chi connectivity index (χ0) is 18.5. The van der Waals surface area contributed by atoms with Gasteiger partial charge in [-0.05, 0) is 55.7 Å². The molecule has 3 unspecified atom stereocenters. The number of benzene rings is 2. The first-order valence-electron chi connectivity index (χ1n) is 9.65. The monoisotopic (exact) mass is 362 g/mol. The summed E-state index contributed by atoms with van der Waals surface area (Å²) in [6.45, 7) is 1.26. The van der Waals surface area contributed by atoms with Gasteiger partial charge in [0.2, 0.25) is 0 Å². The summed E-state index contributed by atoms with van der Waals surface area (Å²) < 4.78 is 6.58. The fourth-order valence-electron chi connectivity index (χ4n) is 3.93. The summed E-state index contributed by atoms with van der Waals surface area (Å²) in [4.78, 5) is 6.79. The van der Waals surface area contributed by atoms with E-state index in [1.54, 1.807) is 0 Å². The van der Waals surface area contributed by atoms with Crippen LogP contribution in [0.4, 0.5) is 11.4 Å². The third-order valence-electron chi connectivity index (χ3n) is 5.27. The molecule has 3 atom stereocenters. The smallest absolute Gasteiger partial charge is 0.124 e. The largest absolute Gasteiger partial charge is 0.393 e. The Kier molecular flexibility index (Phi) is 5.37. The van der Waals surface area contributed by atoms with Gasteiger partial charge in [-0.3, -0.25) is 4.99 Å². The van der Waals surface area contributed by atoms with Crippen molar-refractivity contribution in [3.8, 4) is 0 Å². The van der Waals surface area contributed by atoms with Crippen LogP contribution in [0, 0.1) is 0 Å². The molecule has 140 valence electrons. The van der Waals surface area contributed by atoms with E-state index in [1.165, 1.54) is 0 Å². The maximum atomic E-state index is 9.91. The summed E-state index contributed by atoms with van der Waals surface area (Å²) in [6.07, 6.45) is 8.18. The van der Waals surface area contributed by atoms with Gasteiger partial charge < -0.3 is 14.7 Å². The van der Waals surface area contributed by atoms with Crippen LogP contribution in [0.2, 0.25) is 0 Å². The molecule has 0 aromatic heterocycles. The van der Waals surface area contributed by atoms with E-state index in [0.29, 0.717) is 19.5 Å². The zero-order valence-electron chi connectivity index (χ0n) is 15.4. The topological polar surface area (TPSA) is 45.1 Å². The second-order valence-corrected chi connectivity index (χ2v) is 7.38. The molecule has 1 heterocycles. The van der Waals surface area contributed by atoms with Gasteiger partial charge in [-0.15, -0.1) is 0 Å². The van der Waals surface area contributed by atoms with Crippen LogP contribution in [0.3, 0.4) is 0 Å². The second kappa shape index (κ2) is 8.07. The minimum Gasteiger partial charge on any atom is -0.393 e. The van der Waals surface area contributed by atoms with Gasteiger partial charge in [-0.25, -0.2) is 0 Å². The Labute approximate surface area is 160 Å². The van der Waals surface area contributed by atoms with E-state index in [1.807, 2.05) is 24.4 Å². The molecule has 2 aliphatic rings. The number of ether oxygens (including phenoxy) is 1.